The van der Waals surface area contributed by atoms with Gasteiger partial charge in [-0.2, -0.15) is 10.5 Å². The molecule has 0 bridgehead atoms. The van der Waals surface area contributed by atoms with E-state index in [1.807, 2.05) is 43.3 Å². The largest absolute Gasteiger partial charge is 0.489 e. The number of H-pyrrole nitrogens is 1. The first-order chi connectivity index (χ1) is 14.5. The van der Waals surface area contributed by atoms with Crippen LogP contribution in [0.3, 0.4) is 0 Å². The summed E-state index contributed by atoms with van der Waals surface area (Å²) in [5, 5.41) is 26.2. The minimum absolute atomic E-state index is 0.0160. The molecular weight excluding hydrogens is 446 g/mol. The number of ether oxygens (including phenoxy) is 2. The maximum absolute atomic E-state index is 9.80. The van der Waals surface area contributed by atoms with Gasteiger partial charge in [-0.1, -0.05) is 34.1 Å². The standard InChI is InChI=1S/C22H16BrN5O2/c1-12-19-20(17(10-25)21(26)30-22(19)28-27-12)16-8-15(23)6-7-18(16)29-11-14-5-3-2-4-13(14)9-24/h2-8,20H,11,26H2,1H3,(H,27,28)/t20-/m0/s1. The number of aryl methyl sites for hydroxylation is 1. The van der Waals surface area contributed by atoms with Gasteiger partial charge in [-0.05, 0) is 31.2 Å². The molecule has 3 aromatic rings. The highest BCUT2D eigenvalue weighted by Gasteiger charge is 2.36. The molecule has 2 aromatic carbocycles. The number of nitrogens with two attached hydrogens (primary N) is 1. The van der Waals surface area contributed by atoms with Crippen molar-refractivity contribution in [2.45, 2.75) is 19.4 Å². The molecule has 0 saturated carbocycles. The smallest absolute Gasteiger partial charge is 0.244 e. The van der Waals surface area contributed by atoms with Crippen LogP contribution in [0.25, 0.3) is 0 Å². The Bertz CT molecular complexity index is 1250. The summed E-state index contributed by atoms with van der Waals surface area (Å²) < 4.78 is 12.5. The molecule has 2 heterocycles. The molecule has 8 heteroatoms. The van der Waals surface area contributed by atoms with Gasteiger partial charge in [0, 0.05) is 26.9 Å². The van der Waals surface area contributed by atoms with Gasteiger partial charge in [0.1, 0.15) is 24.0 Å². The minimum Gasteiger partial charge on any atom is -0.489 e. The zero-order valence-electron chi connectivity index (χ0n) is 15.9. The molecule has 0 unspecified atom stereocenters. The highest BCUT2D eigenvalue weighted by atomic mass is 79.9. The van der Waals surface area contributed by atoms with Crippen LogP contribution in [0.2, 0.25) is 0 Å². The predicted molar refractivity (Wildman–Crippen MR) is 112 cm³/mol. The van der Waals surface area contributed by atoms with Gasteiger partial charge in [0.2, 0.25) is 11.8 Å². The van der Waals surface area contributed by atoms with Crippen molar-refractivity contribution in [3.63, 3.8) is 0 Å². The molecule has 148 valence electrons. The van der Waals surface area contributed by atoms with E-state index < -0.39 is 5.92 Å². The van der Waals surface area contributed by atoms with Gasteiger partial charge in [-0.3, -0.25) is 5.10 Å². The lowest BCUT2D eigenvalue weighted by molar-refractivity contribution is 0.301. The predicted octanol–water partition coefficient (Wildman–Crippen LogP) is 4.15. The van der Waals surface area contributed by atoms with E-state index in [4.69, 9.17) is 15.2 Å². The van der Waals surface area contributed by atoms with Crippen molar-refractivity contribution in [1.82, 2.24) is 10.2 Å². The molecule has 0 fully saturated rings. The first-order valence-electron chi connectivity index (χ1n) is 9.06. The Morgan fingerprint density at radius 2 is 2.03 bits per heavy atom. The molecule has 4 rings (SSSR count). The number of hydrogen-bond donors (Lipinski definition) is 2. The van der Waals surface area contributed by atoms with Crippen molar-refractivity contribution in [1.29, 1.82) is 10.5 Å². The quantitative estimate of drug-likeness (QED) is 0.601. The van der Waals surface area contributed by atoms with Crippen molar-refractivity contribution in [3.8, 4) is 23.8 Å². The third kappa shape index (κ3) is 3.38. The summed E-state index contributed by atoms with van der Waals surface area (Å²) in [5.41, 5.74) is 9.89. The number of nitrogens with zero attached hydrogens (tertiary/aromatic N) is 3. The van der Waals surface area contributed by atoms with E-state index in [2.05, 4.69) is 38.3 Å². The maximum atomic E-state index is 9.80. The van der Waals surface area contributed by atoms with Gasteiger partial charge in [-0.15, -0.1) is 5.10 Å². The second-order valence-corrected chi connectivity index (χ2v) is 7.65. The number of allylic oxidation sites excluding steroid dienone is 1. The van der Waals surface area contributed by atoms with E-state index in [1.54, 1.807) is 6.07 Å². The van der Waals surface area contributed by atoms with Crippen LogP contribution in [0.1, 0.15) is 33.9 Å². The molecular formula is C22H16BrN5O2. The molecule has 7 nitrogen and oxygen atoms in total. The van der Waals surface area contributed by atoms with Crippen molar-refractivity contribution < 1.29 is 9.47 Å². The number of aromatic amines is 1. The second kappa shape index (κ2) is 7.94. The highest BCUT2D eigenvalue weighted by molar-refractivity contribution is 9.10. The SMILES string of the molecule is Cc1[nH]nc2c1[C@@H](c1cc(Br)ccc1OCc1ccccc1C#N)C(C#N)=C(N)O2. The van der Waals surface area contributed by atoms with E-state index in [9.17, 15) is 10.5 Å². The average Bonchev–Trinajstić information content (AvgIpc) is 3.12. The molecule has 0 saturated heterocycles. The van der Waals surface area contributed by atoms with E-state index >= 15 is 0 Å². The maximum Gasteiger partial charge on any atom is 0.244 e. The topological polar surface area (TPSA) is 121 Å². The Labute approximate surface area is 181 Å². The summed E-state index contributed by atoms with van der Waals surface area (Å²) in [6.45, 7) is 2.07. The Kier molecular flexibility index (Phi) is 5.18. The number of nitrogens with one attached hydrogen (secondary N) is 1. The van der Waals surface area contributed by atoms with E-state index in [-0.39, 0.29) is 18.1 Å². The number of rotatable bonds is 4. The van der Waals surface area contributed by atoms with Crippen LogP contribution in [-0.2, 0) is 6.61 Å². The highest BCUT2D eigenvalue weighted by Crippen LogP contribution is 2.46. The Hall–Kier alpha value is -3.75. The monoisotopic (exact) mass is 461 g/mol. The lowest BCUT2D eigenvalue weighted by atomic mass is 9.83. The number of nitriles is 2. The third-order valence-corrected chi connectivity index (χ3v) is 5.43. The summed E-state index contributed by atoms with van der Waals surface area (Å²) in [5.74, 6) is 0.429. The van der Waals surface area contributed by atoms with Crippen LogP contribution in [0.15, 0.2) is 58.4 Å². The molecule has 1 aliphatic rings. The summed E-state index contributed by atoms with van der Waals surface area (Å²) in [7, 11) is 0. The summed E-state index contributed by atoms with van der Waals surface area (Å²) in [6, 6.07) is 17.2. The average molecular weight is 462 g/mol. The van der Waals surface area contributed by atoms with Gasteiger partial charge in [-0.25, -0.2) is 0 Å². The number of hydrogen-bond acceptors (Lipinski definition) is 6. The number of aromatic nitrogens is 2. The molecule has 1 aromatic heterocycles. The minimum atomic E-state index is -0.504. The van der Waals surface area contributed by atoms with Crippen molar-refractivity contribution in [2.75, 3.05) is 0 Å². The van der Waals surface area contributed by atoms with E-state index in [1.165, 1.54) is 0 Å². The lowest BCUT2D eigenvalue weighted by Gasteiger charge is -2.25. The van der Waals surface area contributed by atoms with E-state index in [0.717, 1.165) is 26.9 Å². The number of halogens is 1. The fourth-order valence-corrected chi connectivity index (χ4v) is 3.88. The number of fused-ring (bicyclic) bond motifs is 1. The van der Waals surface area contributed by atoms with Crippen molar-refractivity contribution in [3.05, 3.63) is 86.3 Å². The van der Waals surface area contributed by atoms with Gasteiger partial charge in [0.15, 0.2) is 0 Å². The van der Waals surface area contributed by atoms with Crippen LogP contribution in [0, 0.1) is 29.6 Å². The Morgan fingerprint density at radius 1 is 1.23 bits per heavy atom. The summed E-state index contributed by atoms with van der Waals surface area (Å²) in [4.78, 5) is 0. The summed E-state index contributed by atoms with van der Waals surface area (Å²) in [6.07, 6.45) is 0. The van der Waals surface area contributed by atoms with Crippen LogP contribution in [0.4, 0.5) is 0 Å². The number of benzene rings is 2. The molecule has 0 radical (unpaired) electrons. The molecule has 3 N–H and O–H groups in total. The third-order valence-electron chi connectivity index (χ3n) is 4.93. The van der Waals surface area contributed by atoms with Crippen molar-refractivity contribution >= 4 is 15.9 Å². The lowest BCUT2D eigenvalue weighted by Crippen LogP contribution is -2.21. The van der Waals surface area contributed by atoms with Gasteiger partial charge < -0.3 is 15.2 Å². The molecule has 0 amide bonds. The normalized spacial score (nSPS) is 15.0. The first-order valence-corrected chi connectivity index (χ1v) is 9.85. The first kappa shape index (κ1) is 19.6. The molecule has 1 atom stereocenters. The summed E-state index contributed by atoms with van der Waals surface area (Å²) >= 11 is 3.50. The molecule has 0 aliphatic carbocycles. The van der Waals surface area contributed by atoms with Crippen molar-refractivity contribution in [2.24, 2.45) is 5.73 Å². The zero-order chi connectivity index (χ0) is 21.3. The van der Waals surface area contributed by atoms with Crippen LogP contribution in [-0.4, -0.2) is 10.2 Å². The fourth-order valence-electron chi connectivity index (χ4n) is 3.50. The molecule has 0 spiro atoms. The fraction of sp³-hybridized carbons (Fsp3) is 0.136. The zero-order valence-corrected chi connectivity index (χ0v) is 17.5. The van der Waals surface area contributed by atoms with Gasteiger partial charge in [0.05, 0.1) is 17.6 Å². The molecule has 30 heavy (non-hydrogen) atoms. The Morgan fingerprint density at radius 3 is 2.80 bits per heavy atom. The van der Waals surface area contributed by atoms with Crippen LogP contribution >= 0.6 is 15.9 Å². The van der Waals surface area contributed by atoms with Crippen LogP contribution in [0.5, 0.6) is 11.6 Å². The van der Waals surface area contributed by atoms with Crippen LogP contribution < -0.4 is 15.2 Å². The second-order valence-electron chi connectivity index (χ2n) is 6.73. The van der Waals surface area contributed by atoms with Gasteiger partial charge >= 0.3 is 0 Å². The van der Waals surface area contributed by atoms with E-state index in [0.29, 0.717) is 17.2 Å². The van der Waals surface area contributed by atoms with Gasteiger partial charge in [0.25, 0.3) is 0 Å². The Balaban J connectivity index is 1.80. The molecule has 1 aliphatic heterocycles.